The molecule has 6 nitrogen and oxygen atoms in total. The summed E-state index contributed by atoms with van der Waals surface area (Å²) in [6.45, 7) is 0.165. The Labute approximate surface area is 210 Å². The van der Waals surface area contributed by atoms with Gasteiger partial charge in [0.05, 0.1) is 25.8 Å². The van der Waals surface area contributed by atoms with Gasteiger partial charge in [-0.3, -0.25) is 9.59 Å². The van der Waals surface area contributed by atoms with E-state index in [0.717, 1.165) is 10.0 Å². The SMILES string of the molecule is COc1ccc(CCN2C(=O)C(=O)C(=C(O)c3ccc(Br)cc3)[C@H]2c2cccc(F)c2)cc1OC. The molecule has 3 aromatic rings. The highest BCUT2D eigenvalue weighted by molar-refractivity contribution is 9.10. The summed E-state index contributed by atoms with van der Waals surface area (Å²) in [5.41, 5.74) is 1.56. The number of aliphatic hydroxyl groups is 1. The molecular formula is C27H23BrFNO5. The molecule has 0 aliphatic carbocycles. The third kappa shape index (κ3) is 4.93. The first kappa shape index (κ1) is 24.5. The molecule has 0 aromatic heterocycles. The smallest absolute Gasteiger partial charge is 0.295 e. The first-order valence-corrected chi connectivity index (χ1v) is 11.6. The summed E-state index contributed by atoms with van der Waals surface area (Å²) in [7, 11) is 3.08. The van der Waals surface area contributed by atoms with Crippen LogP contribution in [-0.4, -0.2) is 42.5 Å². The quantitative estimate of drug-likeness (QED) is 0.251. The molecule has 1 aliphatic rings. The van der Waals surface area contributed by atoms with Crippen molar-refractivity contribution in [3.05, 3.63) is 99.3 Å². The lowest BCUT2D eigenvalue weighted by atomic mass is 9.95. The van der Waals surface area contributed by atoms with E-state index in [1.165, 1.54) is 30.2 Å². The summed E-state index contributed by atoms with van der Waals surface area (Å²) >= 11 is 3.34. The van der Waals surface area contributed by atoms with Gasteiger partial charge in [-0.05, 0) is 53.9 Å². The third-order valence-corrected chi connectivity index (χ3v) is 6.44. The maximum absolute atomic E-state index is 14.1. The lowest BCUT2D eigenvalue weighted by molar-refractivity contribution is -0.139. The van der Waals surface area contributed by atoms with Gasteiger partial charge in [-0.1, -0.05) is 46.3 Å². The van der Waals surface area contributed by atoms with Gasteiger partial charge in [0.2, 0.25) is 0 Å². The Morgan fingerprint density at radius 3 is 2.37 bits per heavy atom. The molecule has 1 amide bonds. The fourth-order valence-electron chi connectivity index (χ4n) is 4.18. The number of ether oxygens (including phenoxy) is 2. The minimum Gasteiger partial charge on any atom is -0.507 e. The molecule has 0 radical (unpaired) electrons. The van der Waals surface area contributed by atoms with E-state index in [2.05, 4.69) is 15.9 Å². The topological polar surface area (TPSA) is 76.1 Å². The second-order valence-electron chi connectivity index (χ2n) is 7.99. The number of carbonyl (C=O) groups is 2. The van der Waals surface area contributed by atoms with Crippen LogP contribution >= 0.6 is 15.9 Å². The van der Waals surface area contributed by atoms with Gasteiger partial charge in [0.25, 0.3) is 11.7 Å². The van der Waals surface area contributed by atoms with E-state index in [1.807, 2.05) is 6.07 Å². The zero-order valence-corrected chi connectivity index (χ0v) is 20.7. The largest absolute Gasteiger partial charge is 0.507 e. The molecule has 35 heavy (non-hydrogen) atoms. The zero-order valence-electron chi connectivity index (χ0n) is 19.1. The average Bonchev–Trinajstić information content (AvgIpc) is 3.12. The summed E-state index contributed by atoms with van der Waals surface area (Å²) in [5, 5.41) is 11.1. The van der Waals surface area contributed by atoms with Crippen LogP contribution < -0.4 is 9.47 Å². The predicted octanol–water partition coefficient (Wildman–Crippen LogP) is 5.27. The van der Waals surface area contributed by atoms with E-state index in [1.54, 1.807) is 49.6 Å². The maximum atomic E-state index is 14.1. The molecule has 1 N–H and O–H groups in total. The van der Waals surface area contributed by atoms with Crippen molar-refractivity contribution in [1.29, 1.82) is 0 Å². The van der Waals surface area contributed by atoms with Gasteiger partial charge in [-0.15, -0.1) is 0 Å². The Morgan fingerprint density at radius 1 is 1.00 bits per heavy atom. The lowest BCUT2D eigenvalue weighted by Crippen LogP contribution is -2.31. The highest BCUT2D eigenvalue weighted by Crippen LogP contribution is 2.40. The minimum atomic E-state index is -0.936. The van der Waals surface area contributed by atoms with Crippen molar-refractivity contribution in [1.82, 2.24) is 4.90 Å². The van der Waals surface area contributed by atoms with Crippen LogP contribution in [0, 0.1) is 5.82 Å². The number of Topliss-reactive ketones (excluding diaryl/α,β-unsaturated/α-hetero) is 1. The second kappa shape index (κ2) is 10.3. The second-order valence-corrected chi connectivity index (χ2v) is 8.91. The molecule has 3 aromatic carbocycles. The van der Waals surface area contributed by atoms with Crippen LogP contribution in [0.25, 0.3) is 5.76 Å². The Morgan fingerprint density at radius 2 is 1.71 bits per heavy atom. The van der Waals surface area contributed by atoms with Crippen LogP contribution in [0.4, 0.5) is 4.39 Å². The fourth-order valence-corrected chi connectivity index (χ4v) is 4.45. The van der Waals surface area contributed by atoms with Crippen molar-refractivity contribution in [2.45, 2.75) is 12.5 Å². The molecule has 8 heteroatoms. The van der Waals surface area contributed by atoms with Crippen LogP contribution in [-0.2, 0) is 16.0 Å². The van der Waals surface area contributed by atoms with Crippen LogP contribution in [0.5, 0.6) is 11.5 Å². The van der Waals surface area contributed by atoms with Crippen molar-refractivity contribution in [2.24, 2.45) is 0 Å². The number of hydrogen-bond donors (Lipinski definition) is 1. The van der Waals surface area contributed by atoms with Gasteiger partial charge in [0, 0.05) is 16.6 Å². The number of rotatable bonds is 7. The standard InChI is InChI=1S/C27H23BrFNO5/c1-34-21-11-6-16(14-22(21)35-2)12-13-30-24(18-4-3-5-20(29)15-18)23(26(32)27(30)33)25(31)17-7-9-19(28)10-8-17/h3-11,14-15,24,31H,12-13H2,1-2H3/t24-/m1/s1. The van der Waals surface area contributed by atoms with Crippen LogP contribution in [0.15, 0.2) is 76.8 Å². The summed E-state index contributed by atoms with van der Waals surface area (Å²) in [5.74, 6) is -1.25. The molecule has 1 fully saturated rings. The van der Waals surface area contributed by atoms with Crippen molar-refractivity contribution in [3.8, 4) is 11.5 Å². The number of ketones is 1. The summed E-state index contributed by atoms with van der Waals surface area (Å²) < 4.78 is 25.6. The highest BCUT2D eigenvalue weighted by atomic mass is 79.9. The molecule has 0 bridgehead atoms. The highest BCUT2D eigenvalue weighted by Gasteiger charge is 2.45. The summed E-state index contributed by atoms with van der Waals surface area (Å²) in [6.07, 6.45) is 0.400. The Balaban J connectivity index is 1.74. The first-order valence-electron chi connectivity index (χ1n) is 10.8. The number of methoxy groups -OCH3 is 2. The van der Waals surface area contributed by atoms with Gasteiger partial charge in [-0.2, -0.15) is 0 Å². The first-order chi connectivity index (χ1) is 16.8. The van der Waals surface area contributed by atoms with Crippen molar-refractivity contribution in [2.75, 3.05) is 20.8 Å². The number of aliphatic hydroxyl groups excluding tert-OH is 1. The van der Waals surface area contributed by atoms with Crippen molar-refractivity contribution < 1.29 is 28.6 Å². The number of carbonyl (C=O) groups excluding carboxylic acids is 2. The maximum Gasteiger partial charge on any atom is 0.295 e. The van der Waals surface area contributed by atoms with E-state index >= 15 is 0 Å². The third-order valence-electron chi connectivity index (χ3n) is 5.91. The van der Waals surface area contributed by atoms with Gasteiger partial charge < -0.3 is 19.5 Å². The predicted molar refractivity (Wildman–Crippen MR) is 133 cm³/mol. The van der Waals surface area contributed by atoms with E-state index < -0.39 is 23.5 Å². The van der Waals surface area contributed by atoms with Crippen molar-refractivity contribution in [3.63, 3.8) is 0 Å². The molecule has 1 heterocycles. The molecule has 0 saturated carbocycles. The Bertz CT molecular complexity index is 1310. The molecule has 4 rings (SSSR count). The normalized spacial score (nSPS) is 17.0. The molecule has 0 unspecified atom stereocenters. The molecule has 180 valence electrons. The Hall–Kier alpha value is -3.65. The molecular weight excluding hydrogens is 517 g/mol. The lowest BCUT2D eigenvalue weighted by Gasteiger charge is -2.25. The minimum absolute atomic E-state index is 0.0739. The van der Waals surface area contributed by atoms with Gasteiger partial charge in [0.15, 0.2) is 11.5 Å². The molecule has 0 spiro atoms. The van der Waals surface area contributed by atoms with E-state index in [4.69, 9.17) is 9.47 Å². The van der Waals surface area contributed by atoms with E-state index in [0.29, 0.717) is 29.0 Å². The van der Waals surface area contributed by atoms with Gasteiger partial charge >= 0.3 is 0 Å². The monoisotopic (exact) mass is 539 g/mol. The number of halogens is 2. The van der Waals surface area contributed by atoms with E-state index in [-0.39, 0.29) is 17.9 Å². The van der Waals surface area contributed by atoms with Crippen LogP contribution in [0.1, 0.15) is 22.7 Å². The molecule has 1 atom stereocenters. The zero-order chi connectivity index (χ0) is 25.1. The summed E-state index contributed by atoms with van der Waals surface area (Å²) in [6, 6.07) is 16.9. The number of likely N-dealkylation sites (tertiary alicyclic amines) is 1. The number of benzene rings is 3. The van der Waals surface area contributed by atoms with Gasteiger partial charge in [0.1, 0.15) is 11.6 Å². The average molecular weight is 540 g/mol. The van der Waals surface area contributed by atoms with Crippen molar-refractivity contribution >= 4 is 33.4 Å². The van der Waals surface area contributed by atoms with Crippen LogP contribution in [0.3, 0.4) is 0 Å². The number of nitrogens with zero attached hydrogens (tertiary/aromatic N) is 1. The Kier molecular flexibility index (Phi) is 7.21. The molecule has 1 saturated heterocycles. The number of amides is 1. The number of hydrogen-bond acceptors (Lipinski definition) is 5. The van der Waals surface area contributed by atoms with Crippen LogP contribution in [0.2, 0.25) is 0 Å². The van der Waals surface area contributed by atoms with Gasteiger partial charge in [-0.25, -0.2) is 4.39 Å². The molecule has 1 aliphatic heterocycles. The fraction of sp³-hybridized carbons (Fsp3) is 0.185. The van der Waals surface area contributed by atoms with E-state index in [9.17, 15) is 19.1 Å². The summed E-state index contributed by atoms with van der Waals surface area (Å²) in [4.78, 5) is 27.6.